The molecule has 0 atom stereocenters. The Morgan fingerprint density at radius 1 is 1.17 bits per heavy atom. The maximum Gasteiger partial charge on any atom is 0.205 e. The van der Waals surface area contributed by atoms with Crippen molar-refractivity contribution in [1.82, 2.24) is 20.2 Å². The molecule has 6 heteroatoms. The molecule has 1 heterocycles. The SMILES string of the molecule is Cc1ccc(C)c(C(=O)Cn2nnc(-c3cccc(F)c3)n2)c1. The van der Waals surface area contributed by atoms with Crippen LogP contribution in [-0.4, -0.2) is 26.0 Å². The number of aromatic nitrogens is 4. The van der Waals surface area contributed by atoms with Crippen molar-refractivity contribution in [2.75, 3.05) is 0 Å². The zero-order valence-electron chi connectivity index (χ0n) is 12.8. The summed E-state index contributed by atoms with van der Waals surface area (Å²) in [6.45, 7) is 3.82. The van der Waals surface area contributed by atoms with Crippen LogP contribution in [0.1, 0.15) is 21.5 Å². The first-order valence-corrected chi connectivity index (χ1v) is 7.17. The molecule has 0 aliphatic rings. The Hall–Kier alpha value is -2.89. The summed E-state index contributed by atoms with van der Waals surface area (Å²) in [4.78, 5) is 13.6. The Morgan fingerprint density at radius 3 is 2.78 bits per heavy atom. The summed E-state index contributed by atoms with van der Waals surface area (Å²) >= 11 is 0. The molecule has 0 amide bonds. The molecule has 0 aliphatic heterocycles. The van der Waals surface area contributed by atoms with E-state index in [0.29, 0.717) is 17.0 Å². The van der Waals surface area contributed by atoms with Crippen molar-refractivity contribution < 1.29 is 9.18 Å². The van der Waals surface area contributed by atoms with Crippen molar-refractivity contribution in [2.24, 2.45) is 0 Å². The third-order valence-corrected chi connectivity index (χ3v) is 3.51. The number of rotatable bonds is 4. The van der Waals surface area contributed by atoms with E-state index in [2.05, 4.69) is 15.4 Å². The number of hydrogen-bond donors (Lipinski definition) is 0. The van der Waals surface area contributed by atoms with Crippen molar-refractivity contribution in [3.63, 3.8) is 0 Å². The summed E-state index contributed by atoms with van der Waals surface area (Å²) in [6, 6.07) is 11.7. The third-order valence-electron chi connectivity index (χ3n) is 3.51. The fraction of sp³-hybridized carbons (Fsp3) is 0.176. The predicted octanol–water partition coefficient (Wildman–Crippen LogP) is 2.98. The van der Waals surface area contributed by atoms with E-state index < -0.39 is 0 Å². The molecule has 0 unspecified atom stereocenters. The molecule has 0 fully saturated rings. The highest BCUT2D eigenvalue weighted by Crippen LogP contribution is 2.15. The molecule has 0 aliphatic carbocycles. The molecule has 3 rings (SSSR count). The molecule has 5 nitrogen and oxygen atoms in total. The quantitative estimate of drug-likeness (QED) is 0.695. The number of hydrogen-bond acceptors (Lipinski definition) is 4. The van der Waals surface area contributed by atoms with Crippen LogP contribution in [0.15, 0.2) is 42.5 Å². The Labute approximate surface area is 132 Å². The van der Waals surface area contributed by atoms with Crippen LogP contribution >= 0.6 is 0 Å². The Bertz CT molecular complexity index is 873. The van der Waals surface area contributed by atoms with Crippen molar-refractivity contribution in [3.05, 3.63) is 65.0 Å². The summed E-state index contributed by atoms with van der Waals surface area (Å²) in [5.74, 6) is -0.169. The van der Waals surface area contributed by atoms with Crippen LogP contribution in [0.2, 0.25) is 0 Å². The van der Waals surface area contributed by atoms with Gasteiger partial charge in [-0.15, -0.1) is 10.2 Å². The molecular weight excluding hydrogens is 295 g/mol. The van der Waals surface area contributed by atoms with Crippen LogP contribution < -0.4 is 0 Å². The van der Waals surface area contributed by atoms with Crippen molar-refractivity contribution in [3.8, 4) is 11.4 Å². The summed E-state index contributed by atoms with van der Waals surface area (Å²) in [6.07, 6.45) is 0. The summed E-state index contributed by atoms with van der Waals surface area (Å²) < 4.78 is 13.2. The molecule has 0 N–H and O–H groups in total. The Balaban J connectivity index is 1.81. The highest BCUT2D eigenvalue weighted by atomic mass is 19.1. The van der Waals surface area contributed by atoms with Crippen molar-refractivity contribution in [2.45, 2.75) is 20.4 Å². The monoisotopic (exact) mass is 310 g/mol. The minimum absolute atomic E-state index is 0.00733. The van der Waals surface area contributed by atoms with Gasteiger partial charge in [-0.05, 0) is 42.8 Å². The van der Waals surface area contributed by atoms with Crippen molar-refractivity contribution in [1.29, 1.82) is 0 Å². The zero-order chi connectivity index (χ0) is 16.4. The van der Waals surface area contributed by atoms with E-state index in [1.54, 1.807) is 12.1 Å². The number of nitrogens with zero attached hydrogens (tertiary/aromatic N) is 4. The lowest BCUT2D eigenvalue weighted by Gasteiger charge is -2.05. The van der Waals surface area contributed by atoms with Crippen molar-refractivity contribution >= 4 is 5.78 Å². The van der Waals surface area contributed by atoms with E-state index in [9.17, 15) is 9.18 Å². The summed E-state index contributed by atoms with van der Waals surface area (Å²) in [5.41, 5.74) is 3.10. The second kappa shape index (κ2) is 6.08. The summed E-state index contributed by atoms with van der Waals surface area (Å²) in [7, 11) is 0. The molecule has 3 aromatic rings. The lowest BCUT2D eigenvalue weighted by Crippen LogP contribution is -2.14. The first-order chi connectivity index (χ1) is 11.0. The van der Waals surface area contributed by atoms with Gasteiger partial charge < -0.3 is 0 Å². The maximum absolute atomic E-state index is 13.2. The van der Waals surface area contributed by atoms with E-state index in [1.807, 2.05) is 32.0 Å². The van der Waals surface area contributed by atoms with Gasteiger partial charge in [-0.25, -0.2) is 4.39 Å². The van der Waals surface area contributed by atoms with Crippen LogP contribution in [0.5, 0.6) is 0 Å². The molecular formula is C17H15FN4O. The van der Waals surface area contributed by atoms with Gasteiger partial charge in [0.1, 0.15) is 12.4 Å². The van der Waals surface area contributed by atoms with E-state index in [-0.39, 0.29) is 18.1 Å². The zero-order valence-corrected chi connectivity index (χ0v) is 12.8. The second-order valence-electron chi connectivity index (χ2n) is 5.40. The number of carbonyl (C=O) groups is 1. The standard InChI is InChI=1S/C17H15FN4O/c1-11-6-7-12(2)15(8-11)16(23)10-22-20-17(19-21-22)13-4-3-5-14(18)9-13/h3-9H,10H2,1-2H3. The van der Waals surface area contributed by atoms with Gasteiger partial charge in [-0.1, -0.05) is 29.8 Å². The van der Waals surface area contributed by atoms with Crippen LogP contribution in [0.25, 0.3) is 11.4 Å². The Kier molecular flexibility index (Phi) is 3.97. The van der Waals surface area contributed by atoms with Gasteiger partial charge >= 0.3 is 0 Å². The van der Waals surface area contributed by atoms with E-state index in [1.165, 1.54) is 16.9 Å². The molecule has 23 heavy (non-hydrogen) atoms. The van der Waals surface area contributed by atoms with Gasteiger partial charge in [0, 0.05) is 11.1 Å². The van der Waals surface area contributed by atoms with E-state index in [4.69, 9.17) is 0 Å². The molecule has 0 saturated heterocycles. The van der Waals surface area contributed by atoms with Crippen LogP contribution in [0.4, 0.5) is 4.39 Å². The Morgan fingerprint density at radius 2 is 2.00 bits per heavy atom. The largest absolute Gasteiger partial charge is 0.292 e. The fourth-order valence-corrected chi connectivity index (χ4v) is 2.30. The average Bonchev–Trinajstić information content (AvgIpc) is 2.98. The van der Waals surface area contributed by atoms with Crippen LogP contribution in [0.3, 0.4) is 0 Å². The number of benzene rings is 2. The number of carbonyl (C=O) groups excluding carboxylic acids is 1. The first-order valence-electron chi connectivity index (χ1n) is 7.17. The molecule has 2 aromatic carbocycles. The first kappa shape index (κ1) is 15.0. The number of halogens is 1. The van der Waals surface area contributed by atoms with Gasteiger partial charge in [0.2, 0.25) is 5.82 Å². The number of tetrazole rings is 1. The minimum Gasteiger partial charge on any atom is -0.292 e. The second-order valence-corrected chi connectivity index (χ2v) is 5.40. The normalized spacial score (nSPS) is 10.7. The van der Waals surface area contributed by atoms with E-state index >= 15 is 0 Å². The topological polar surface area (TPSA) is 60.7 Å². The number of Topliss-reactive ketones (excluding diaryl/α,β-unsaturated/α-hetero) is 1. The van der Waals surface area contributed by atoms with Crippen LogP contribution in [0, 0.1) is 19.7 Å². The molecule has 0 spiro atoms. The summed E-state index contributed by atoms with van der Waals surface area (Å²) in [5, 5.41) is 11.9. The smallest absolute Gasteiger partial charge is 0.205 e. The van der Waals surface area contributed by atoms with Gasteiger partial charge in [0.25, 0.3) is 0 Å². The maximum atomic E-state index is 13.2. The molecule has 0 bridgehead atoms. The fourth-order valence-electron chi connectivity index (χ4n) is 2.30. The van der Waals surface area contributed by atoms with Gasteiger partial charge in [-0.3, -0.25) is 4.79 Å². The van der Waals surface area contributed by atoms with E-state index in [0.717, 1.165) is 11.1 Å². The van der Waals surface area contributed by atoms with Gasteiger partial charge in [0.05, 0.1) is 0 Å². The van der Waals surface area contributed by atoms with Gasteiger partial charge in [-0.2, -0.15) is 4.80 Å². The molecule has 1 aromatic heterocycles. The van der Waals surface area contributed by atoms with Crippen LogP contribution in [-0.2, 0) is 6.54 Å². The predicted molar refractivity (Wildman–Crippen MR) is 83.5 cm³/mol. The number of aryl methyl sites for hydroxylation is 2. The lowest BCUT2D eigenvalue weighted by atomic mass is 10.0. The average molecular weight is 310 g/mol. The molecule has 0 saturated carbocycles. The lowest BCUT2D eigenvalue weighted by molar-refractivity contribution is 0.0960. The number of ketones is 1. The minimum atomic E-state index is -0.370. The third kappa shape index (κ3) is 3.31. The highest BCUT2D eigenvalue weighted by Gasteiger charge is 2.13. The van der Waals surface area contributed by atoms with Gasteiger partial charge in [0.15, 0.2) is 5.78 Å². The molecule has 0 radical (unpaired) electrons. The highest BCUT2D eigenvalue weighted by molar-refractivity contribution is 5.97. The molecule has 116 valence electrons.